The summed E-state index contributed by atoms with van der Waals surface area (Å²) in [5.74, 6) is 1.02. The van der Waals surface area contributed by atoms with E-state index < -0.39 is 0 Å². The Morgan fingerprint density at radius 2 is 1.56 bits per heavy atom. The number of aryl methyl sites for hydroxylation is 1. The zero-order chi connectivity index (χ0) is 18.1. The van der Waals surface area contributed by atoms with Crippen LogP contribution in [-0.4, -0.2) is 6.61 Å². The molecule has 0 amide bonds. The lowest BCUT2D eigenvalue weighted by Gasteiger charge is -2.13. The second kappa shape index (κ2) is 10.1. The van der Waals surface area contributed by atoms with E-state index in [0.29, 0.717) is 0 Å². The largest absolute Gasteiger partial charge is 0.493 e. The smallest absolute Gasteiger partial charge is 0.122 e. The van der Waals surface area contributed by atoms with Gasteiger partial charge in [-0.15, -0.1) is 0 Å². The van der Waals surface area contributed by atoms with Crippen molar-refractivity contribution in [3.05, 3.63) is 64.2 Å². The van der Waals surface area contributed by atoms with Crippen LogP contribution in [0.4, 0.5) is 0 Å². The number of ether oxygens (including phenoxy) is 1. The van der Waals surface area contributed by atoms with Gasteiger partial charge in [0, 0.05) is 0 Å². The molecule has 0 aliphatic rings. The summed E-state index contributed by atoms with van der Waals surface area (Å²) >= 11 is 0. The first kappa shape index (κ1) is 19.3. The number of benzene rings is 2. The molecule has 0 fully saturated rings. The standard InChI is InChI=1S/C24H32O/c1-5-7-8-18-25-24-17-16-23(19(3)20(24)4)15-14-22-12-10-21(9-6-2)11-13-22/h10-17H,5-9,18H2,1-4H3. The zero-order valence-electron chi connectivity index (χ0n) is 16.3. The van der Waals surface area contributed by atoms with Crippen LogP contribution >= 0.6 is 0 Å². The Morgan fingerprint density at radius 1 is 0.800 bits per heavy atom. The van der Waals surface area contributed by atoms with Crippen molar-refractivity contribution in [1.29, 1.82) is 0 Å². The summed E-state index contributed by atoms with van der Waals surface area (Å²) in [6, 6.07) is 13.1. The highest BCUT2D eigenvalue weighted by Gasteiger charge is 2.05. The first-order valence-electron chi connectivity index (χ1n) is 9.65. The average Bonchev–Trinajstić information content (AvgIpc) is 2.63. The molecule has 0 saturated carbocycles. The fourth-order valence-electron chi connectivity index (χ4n) is 2.96. The van der Waals surface area contributed by atoms with Crippen LogP contribution in [0.25, 0.3) is 12.2 Å². The van der Waals surface area contributed by atoms with E-state index in [4.69, 9.17) is 4.74 Å². The molecular formula is C24H32O. The lowest BCUT2D eigenvalue weighted by Crippen LogP contribution is -2.00. The predicted octanol–water partition coefficient (Wildman–Crippen LogP) is 7.00. The van der Waals surface area contributed by atoms with Gasteiger partial charge in [-0.05, 0) is 60.6 Å². The summed E-state index contributed by atoms with van der Waals surface area (Å²) in [6.45, 7) is 9.58. The van der Waals surface area contributed by atoms with Crippen molar-refractivity contribution >= 4 is 12.2 Å². The third-order valence-electron chi connectivity index (χ3n) is 4.76. The molecule has 134 valence electrons. The Morgan fingerprint density at radius 3 is 2.24 bits per heavy atom. The summed E-state index contributed by atoms with van der Waals surface area (Å²) in [5.41, 5.74) is 6.47. The lowest BCUT2D eigenvalue weighted by atomic mass is 10.0. The summed E-state index contributed by atoms with van der Waals surface area (Å²) in [6.07, 6.45) is 10.3. The quantitative estimate of drug-likeness (QED) is 0.354. The molecule has 2 rings (SSSR count). The van der Waals surface area contributed by atoms with Crippen molar-refractivity contribution in [3.63, 3.8) is 0 Å². The molecule has 1 heteroatoms. The summed E-state index contributed by atoms with van der Waals surface area (Å²) < 4.78 is 5.95. The van der Waals surface area contributed by atoms with Crippen LogP contribution in [0.5, 0.6) is 5.75 Å². The lowest BCUT2D eigenvalue weighted by molar-refractivity contribution is 0.304. The molecule has 0 unspecified atom stereocenters. The van der Waals surface area contributed by atoms with Gasteiger partial charge >= 0.3 is 0 Å². The third-order valence-corrected chi connectivity index (χ3v) is 4.76. The number of unbranched alkanes of at least 4 members (excludes halogenated alkanes) is 2. The van der Waals surface area contributed by atoms with Gasteiger partial charge in [0.1, 0.15) is 5.75 Å². The van der Waals surface area contributed by atoms with Crippen LogP contribution in [0.15, 0.2) is 36.4 Å². The maximum atomic E-state index is 5.95. The number of rotatable bonds is 9. The molecule has 2 aromatic carbocycles. The molecule has 0 saturated heterocycles. The Balaban J connectivity index is 2.05. The molecule has 0 aliphatic carbocycles. The topological polar surface area (TPSA) is 9.23 Å². The molecule has 0 radical (unpaired) electrons. The second-order valence-corrected chi connectivity index (χ2v) is 6.78. The maximum absolute atomic E-state index is 5.95. The van der Waals surface area contributed by atoms with Crippen LogP contribution in [0.3, 0.4) is 0 Å². The van der Waals surface area contributed by atoms with Crippen molar-refractivity contribution in [2.75, 3.05) is 6.61 Å². The molecule has 0 aromatic heterocycles. The first-order chi connectivity index (χ1) is 12.2. The van der Waals surface area contributed by atoms with Gasteiger partial charge in [-0.1, -0.05) is 75.6 Å². The van der Waals surface area contributed by atoms with Crippen molar-refractivity contribution in [2.24, 2.45) is 0 Å². The first-order valence-corrected chi connectivity index (χ1v) is 9.65. The van der Waals surface area contributed by atoms with Crippen molar-refractivity contribution in [1.82, 2.24) is 0 Å². The highest BCUT2D eigenvalue weighted by atomic mass is 16.5. The third kappa shape index (κ3) is 5.77. The van der Waals surface area contributed by atoms with Gasteiger partial charge in [0.25, 0.3) is 0 Å². The van der Waals surface area contributed by atoms with Gasteiger partial charge in [-0.3, -0.25) is 0 Å². The number of hydrogen-bond acceptors (Lipinski definition) is 1. The van der Waals surface area contributed by atoms with E-state index in [2.05, 4.69) is 76.2 Å². The Labute approximate surface area is 153 Å². The van der Waals surface area contributed by atoms with Gasteiger partial charge in [0.15, 0.2) is 0 Å². The van der Waals surface area contributed by atoms with Crippen molar-refractivity contribution < 1.29 is 4.74 Å². The van der Waals surface area contributed by atoms with Crippen molar-refractivity contribution in [2.45, 2.75) is 59.8 Å². The molecule has 1 nitrogen and oxygen atoms in total. The van der Waals surface area contributed by atoms with Gasteiger partial charge in [0.05, 0.1) is 6.61 Å². The molecule has 0 bridgehead atoms. The molecule has 0 spiro atoms. The van der Waals surface area contributed by atoms with E-state index in [1.807, 2.05) is 0 Å². The second-order valence-electron chi connectivity index (χ2n) is 6.78. The molecule has 0 N–H and O–H groups in total. The van der Waals surface area contributed by atoms with E-state index in [1.165, 1.54) is 47.1 Å². The van der Waals surface area contributed by atoms with Gasteiger partial charge < -0.3 is 4.74 Å². The average molecular weight is 337 g/mol. The molecule has 0 atom stereocenters. The van der Waals surface area contributed by atoms with Gasteiger partial charge in [0.2, 0.25) is 0 Å². The Hall–Kier alpha value is -2.02. The SMILES string of the molecule is CCCCCOc1ccc(C=Cc2ccc(CCC)cc2)c(C)c1C. The summed E-state index contributed by atoms with van der Waals surface area (Å²) in [5, 5.41) is 0. The molecule has 0 aliphatic heterocycles. The van der Waals surface area contributed by atoms with Crippen LogP contribution in [0.1, 0.15) is 67.3 Å². The van der Waals surface area contributed by atoms with Crippen LogP contribution in [-0.2, 0) is 6.42 Å². The highest BCUT2D eigenvalue weighted by molar-refractivity contribution is 5.72. The molecule has 25 heavy (non-hydrogen) atoms. The fraction of sp³-hybridized carbons (Fsp3) is 0.417. The monoisotopic (exact) mass is 336 g/mol. The van der Waals surface area contributed by atoms with Crippen LogP contribution in [0.2, 0.25) is 0 Å². The number of hydrogen-bond donors (Lipinski definition) is 0. The van der Waals surface area contributed by atoms with Crippen LogP contribution in [0, 0.1) is 13.8 Å². The van der Waals surface area contributed by atoms with Crippen LogP contribution < -0.4 is 4.74 Å². The van der Waals surface area contributed by atoms with E-state index in [-0.39, 0.29) is 0 Å². The minimum absolute atomic E-state index is 0.813. The van der Waals surface area contributed by atoms with Gasteiger partial charge in [-0.25, -0.2) is 0 Å². The van der Waals surface area contributed by atoms with E-state index >= 15 is 0 Å². The Kier molecular flexibility index (Phi) is 7.78. The zero-order valence-corrected chi connectivity index (χ0v) is 16.3. The summed E-state index contributed by atoms with van der Waals surface area (Å²) in [4.78, 5) is 0. The highest BCUT2D eigenvalue weighted by Crippen LogP contribution is 2.26. The molecule has 0 heterocycles. The van der Waals surface area contributed by atoms with E-state index in [0.717, 1.165) is 25.2 Å². The predicted molar refractivity (Wildman–Crippen MR) is 110 cm³/mol. The van der Waals surface area contributed by atoms with E-state index in [9.17, 15) is 0 Å². The van der Waals surface area contributed by atoms with Crippen molar-refractivity contribution in [3.8, 4) is 5.75 Å². The molecular weight excluding hydrogens is 304 g/mol. The Bertz CT molecular complexity index is 680. The maximum Gasteiger partial charge on any atom is 0.122 e. The molecule has 2 aromatic rings. The van der Waals surface area contributed by atoms with Gasteiger partial charge in [-0.2, -0.15) is 0 Å². The minimum atomic E-state index is 0.813. The normalized spacial score (nSPS) is 11.2. The minimum Gasteiger partial charge on any atom is -0.493 e. The fourth-order valence-corrected chi connectivity index (χ4v) is 2.96. The summed E-state index contributed by atoms with van der Waals surface area (Å²) in [7, 11) is 0. The van der Waals surface area contributed by atoms with E-state index in [1.54, 1.807) is 0 Å².